The zero-order valence-corrected chi connectivity index (χ0v) is 13.5. The topological polar surface area (TPSA) is 44.8 Å². The highest BCUT2D eigenvalue weighted by Gasteiger charge is 2.32. The van der Waals surface area contributed by atoms with Gasteiger partial charge in [0, 0.05) is 0 Å². The highest BCUT2D eigenvalue weighted by molar-refractivity contribution is 7.49. The van der Waals surface area contributed by atoms with Crippen molar-refractivity contribution in [3.63, 3.8) is 0 Å². The van der Waals surface area contributed by atoms with E-state index in [-0.39, 0.29) is 6.10 Å². The second-order valence-electron chi connectivity index (χ2n) is 4.38. The molecule has 0 spiro atoms. The molecule has 5 heteroatoms. The first-order valence-corrected chi connectivity index (χ1v) is 8.13. The predicted octanol–water partition coefficient (Wildman–Crippen LogP) is 5.26. The van der Waals surface area contributed by atoms with Gasteiger partial charge in [-0.05, 0) is 45.1 Å². The van der Waals surface area contributed by atoms with Crippen LogP contribution in [0.3, 0.4) is 0 Å². The quantitative estimate of drug-likeness (QED) is 0.373. The van der Waals surface area contributed by atoms with Crippen molar-refractivity contribution in [3.8, 4) is 5.75 Å². The molecule has 0 bridgehead atoms. The lowest BCUT2D eigenvalue weighted by Gasteiger charge is -2.21. The van der Waals surface area contributed by atoms with Crippen molar-refractivity contribution in [3.05, 3.63) is 67.0 Å². The van der Waals surface area contributed by atoms with E-state index in [4.69, 9.17) is 13.6 Å². The summed E-state index contributed by atoms with van der Waals surface area (Å²) in [6.45, 7) is 8.87. The molecule has 1 unspecified atom stereocenters. The van der Waals surface area contributed by atoms with Crippen molar-refractivity contribution in [2.45, 2.75) is 26.9 Å². The average Bonchev–Trinajstić information content (AvgIpc) is 2.43. The van der Waals surface area contributed by atoms with Crippen molar-refractivity contribution in [2.24, 2.45) is 0 Å². The third-order valence-electron chi connectivity index (χ3n) is 2.20. The van der Waals surface area contributed by atoms with Gasteiger partial charge in [-0.15, -0.1) is 0 Å². The molecule has 0 aromatic heterocycles. The number of hydrogen-bond acceptors (Lipinski definition) is 4. The summed E-state index contributed by atoms with van der Waals surface area (Å²) in [5.74, 6) is 0.805. The van der Waals surface area contributed by atoms with Crippen LogP contribution in [-0.2, 0) is 13.6 Å². The van der Waals surface area contributed by atoms with E-state index in [0.29, 0.717) is 11.5 Å². The second-order valence-corrected chi connectivity index (χ2v) is 5.85. The summed E-state index contributed by atoms with van der Waals surface area (Å²) in [6, 6.07) is 8.78. The molecule has 4 nitrogen and oxygen atoms in total. The largest absolute Gasteiger partial charge is 0.587 e. The molecule has 0 saturated heterocycles. The minimum Gasteiger partial charge on any atom is -0.395 e. The summed E-state index contributed by atoms with van der Waals surface area (Å²) in [4.78, 5) is 0. The average molecular weight is 308 g/mol. The molecule has 1 aromatic rings. The zero-order chi connectivity index (χ0) is 15.7. The van der Waals surface area contributed by atoms with Gasteiger partial charge in [-0.1, -0.05) is 36.9 Å². The third kappa shape index (κ3) is 6.48. The second kappa shape index (κ2) is 8.50. The molecule has 1 rings (SSSR count). The normalized spacial score (nSPS) is 15.0. The Hall–Kier alpha value is -1.77. The van der Waals surface area contributed by atoms with E-state index in [0.717, 1.165) is 0 Å². The Morgan fingerprint density at radius 1 is 1.29 bits per heavy atom. The SMILES string of the molecule is C=C/C=C\C(=C/C)OP(=O)(Oc1ccccc1)OC(C)C. The minimum atomic E-state index is -3.76. The van der Waals surface area contributed by atoms with Crippen LogP contribution < -0.4 is 4.52 Å². The first kappa shape index (κ1) is 17.3. The fourth-order valence-electron chi connectivity index (χ4n) is 1.40. The number of allylic oxidation sites excluding steroid dienone is 4. The molecular formula is C16H21O4P. The zero-order valence-electron chi connectivity index (χ0n) is 12.6. The molecule has 0 radical (unpaired) electrons. The van der Waals surface area contributed by atoms with Crippen LogP contribution in [0.2, 0.25) is 0 Å². The summed E-state index contributed by atoms with van der Waals surface area (Å²) in [7, 11) is -3.76. The Labute approximate surface area is 126 Å². The number of hydrogen-bond donors (Lipinski definition) is 0. The Morgan fingerprint density at radius 2 is 1.95 bits per heavy atom. The van der Waals surface area contributed by atoms with Crippen LogP contribution in [-0.4, -0.2) is 6.10 Å². The summed E-state index contributed by atoms with van der Waals surface area (Å²) >= 11 is 0. The third-order valence-corrected chi connectivity index (χ3v) is 3.75. The lowest BCUT2D eigenvalue weighted by atomic mass is 10.3. The molecule has 0 aliphatic rings. The Bertz CT molecular complexity index is 547. The van der Waals surface area contributed by atoms with Gasteiger partial charge in [0.15, 0.2) is 0 Å². The predicted molar refractivity (Wildman–Crippen MR) is 85.1 cm³/mol. The van der Waals surface area contributed by atoms with Crippen LogP contribution in [0.5, 0.6) is 5.75 Å². The highest BCUT2D eigenvalue weighted by Crippen LogP contribution is 2.52. The van der Waals surface area contributed by atoms with Crippen LogP contribution in [0.15, 0.2) is 67.0 Å². The smallest absolute Gasteiger partial charge is 0.395 e. The number of benzene rings is 1. The molecule has 0 amide bonds. The number of para-hydroxylation sites is 1. The van der Waals surface area contributed by atoms with E-state index in [1.807, 2.05) is 6.07 Å². The Kier molecular flexibility index (Phi) is 7.00. The van der Waals surface area contributed by atoms with Gasteiger partial charge >= 0.3 is 7.82 Å². The maximum absolute atomic E-state index is 12.8. The monoisotopic (exact) mass is 308 g/mol. The van der Waals surface area contributed by atoms with Gasteiger partial charge < -0.3 is 9.05 Å². The number of rotatable bonds is 8. The molecular weight excluding hydrogens is 287 g/mol. The summed E-state index contributed by atoms with van der Waals surface area (Å²) in [5.41, 5.74) is 0. The van der Waals surface area contributed by atoms with E-state index >= 15 is 0 Å². The van der Waals surface area contributed by atoms with Crippen LogP contribution in [0.25, 0.3) is 0 Å². The maximum Gasteiger partial charge on any atom is 0.587 e. The van der Waals surface area contributed by atoms with Crippen LogP contribution in [0.4, 0.5) is 0 Å². The number of phosphoric acid groups is 1. The molecule has 0 saturated carbocycles. The standard InChI is InChI=1S/C16H21O4P/c1-5-7-11-15(6-2)19-21(17,18-14(3)4)20-16-12-9-8-10-13-16/h5-14H,1H2,2-4H3/b11-7-,15-6+. The number of phosphoric ester groups is 1. The first-order chi connectivity index (χ1) is 9.99. The molecule has 0 fully saturated rings. The van der Waals surface area contributed by atoms with Gasteiger partial charge in [-0.2, -0.15) is 0 Å². The van der Waals surface area contributed by atoms with Gasteiger partial charge in [0.25, 0.3) is 0 Å². The van der Waals surface area contributed by atoms with Crippen LogP contribution in [0.1, 0.15) is 20.8 Å². The van der Waals surface area contributed by atoms with Crippen LogP contribution in [0, 0.1) is 0 Å². The van der Waals surface area contributed by atoms with E-state index in [1.165, 1.54) is 0 Å². The first-order valence-electron chi connectivity index (χ1n) is 6.67. The van der Waals surface area contributed by atoms with E-state index in [9.17, 15) is 4.57 Å². The minimum absolute atomic E-state index is 0.305. The lowest BCUT2D eigenvalue weighted by molar-refractivity contribution is 0.150. The molecule has 0 aliphatic carbocycles. The summed E-state index contributed by atoms with van der Waals surface area (Å²) < 4.78 is 29.0. The lowest BCUT2D eigenvalue weighted by Crippen LogP contribution is -2.07. The molecule has 21 heavy (non-hydrogen) atoms. The molecule has 1 atom stereocenters. The Morgan fingerprint density at radius 3 is 2.48 bits per heavy atom. The van der Waals surface area contributed by atoms with Crippen LogP contribution >= 0.6 is 7.82 Å². The van der Waals surface area contributed by atoms with Crippen molar-refractivity contribution in [1.82, 2.24) is 0 Å². The summed E-state index contributed by atoms with van der Waals surface area (Å²) in [5, 5.41) is 0. The van der Waals surface area contributed by atoms with E-state index < -0.39 is 7.82 Å². The van der Waals surface area contributed by atoms with Gasteiger partial charge in [0.1, 0.15) is 11.5 Å². The van der Waals surface area contributed by atoms with Crippen molar-refractivity contribution < 1.29 is 18.1 Å². The molecule has 114 valence electrons. The maximum atomic E-state index is 12.8. The van der Waals surface area contributed by atoms with E-state index in [1.54, 1.807) is 69.3 Å². The Balaban J connectivity index is 2.95. The van der Waals surface area contributed by atoms with Gasteiger partial charge in [-0.25, -0.2) is 4.57 Å². The molecule has 1 aromatic carbocycles. The molecule has 0 aliphatic heterocycles. The summed E-state index contributed by atoms with van der Waals surface area (Å²) in [6.07, 6.45) is 6.28. The fraction of sp³-hybridized carbons (Fsp3) is 0.250. The fourth-order valence-corrected chi connectivity index (χ4v) is 2.85. The highest BCUT2D eigenvalue weighted by atomic mass is 31.2. The molecule has 0 heterocycles. The van der Waals surface area contributed by atoms with E-state index in [2.05, 4.69) is 6.58 Å². The van der Waals surface area contributed by atoms with Crippen molar-refractivity contribution in [2.75, 3.05) is 0 Å². The molecule has 0 N–H and O–H groups in total. The van der Waals surface area contributed by atoms with Crippen molar-refractivity contribution >= 4 is 7.82 Å². The van der Waals surface area contributed by atoms with Crippen molar-refractivity contribution in [1.29, 1.82) is 0 Å². The van der Waals surface area contributed by atoms with Gasteiger partial charge in [0.2, 0.25) is 0 Å². The van der Waals surface area contributed by atoms with Gasteiger partial charge in [0.05, 0.1) is 6.10 Å². The van der Waals surface area contributed by atoms with Gasteiger partial charge in [-0.3, -0.25) is 4.52 Å².